The van der Waals surface area contributed by atoms with Crippen LogP contribution in [0.2, 0.25) is 0 Å². The van der Waals surface area contributed by atoms with Crippen molar-refractivity contribution in [2.75, 3.05) is 6.54 Å². The van der Waals surface area contributed by atoms with Gasteiger partial charge >= 0.3 is 0 Å². The molecule has 0 saturated heterocycles. The van der Waals surface area contributed by atoms with Crippen LogP contribution < -0.4 is 0 Å². The highest BCUT2D eigenvalue weighted by Crippen LogP contribution is 2.30. The van der Waals surface area contributed by atoms with Crippen molar-refractivity contribution in [3.05, 3.63) is 35.9 Å². The molecule has 1 aromatic carbocycles. The second kappa shape index (κ2) is 5.88. The van der Waals surface area contributed by atoms with Gasteiger partial charge in [-0.25, -0.2) is 0 Å². The Morgan fingerprint density at radius 3 is 2.47 bits per heavy atom. The number of amides is 1. The molecular formula is C16H20N2O. The molecule has 1 fully saturated rings. The van der Waals surface area contributed by atoms with Crippen LogP contribution in [0.3, 0.4) is 0 Å². The van der Waals surface area contributed by atoms with Crippen LogP contribution in [0, 0.1) is 17.2 Å². The number of hydrogen-bond donors (Lipinski definition) is 0. The van der Waals surface area contributed by atoms with Gasteiger partial charge in [0.25, 0.3) is 0 Å². The first kappa shape index (κ1) is 13.6. The zero-order valence-corrected chi connectivity index (χ0v) is 11.5. The van der Waals surface area contributed by atoms with Gasteiger partial charge in [-0.3, -0.25) is 4.79 Å². The molecule has 0 N–H and O–H groups in total. The van der Waals surface area contributed by atoms with Gasteiger partial charge in [0, 0.05) is 12.6 Å². The molecule has 0 aliphatic heterocycles. The Balaban J connectivity index is 2.17. The average Bonchev–Trinajstić information content (AvgIpc) is 3.22. The fourth-order valence-corrected chi connectivity index (χ4v) is 2.28. The van der Waals surface area contributed by atoms with Crippen molar-refractivity contribution in [1.29, 1.82) is 5.26 Å². The molecule has 0 bridgehead atoms. The van der Waals surface area contributed by atoms with Gasteiger partial charge in [-0.1, -0.05) is 44.2 Å². The molecule has 1 aliphatic rings. The van der Waals surface area contributed by atoms with Gasteiger partial charge in [0.1, 0.15) is 5.92 Å². The van der Waals surface area contributed by atoms with Crippen molar-refractivity contribution in [3.63, 3.8) is 0 Å². The molecular weight excluding hydrogens is 236 g/mol. The summed E-state index contributed by atoms with van der Waals surface area (Å²) in [5, 5.41) is 9.34. The Morgan fingerprint density at radius 1 is 1.37 bits per heavy atom. The molecule has 0 heterocycles. The predicted octanol–water partition coefficient (Wildman–Crippen LogP) is 2.94. The van der Waals surface area contributed by atoms with Crippen molar-refractivity contribution < 1.29 is 4.79 Å². The Labute approximate surface area is 114 Å². The first-order chi connectivity index (χ1) is 9.13. The molecule has 1 amide bonds. The van der Waals surface area contributed by atoms with E-state index in [1.807, 2.05) is 35.2 Å². The highest BCUT2D eigenvalue weighted by atomic mass is 16.2. The van der Waals surface area contributed by atoms with E-state index < -0.39 is 5.92 Å². The summed E-state index contributed by atoms with van der Waals surface area (Å²) in [6.45, 7) is 4.95. The molecule has 1 atom stereocenters. The summed E-state index contributed by atoms with van der Waals surface area (Å²) in [6, 6.07) is 11.9. The summed E-state index contributed by atoms with van der Waals surface area (Å²) in [5.41, 5.74) is 0.796. The third-order valence-electron chi connectivity index (χ3n) is 3.34. The van der Waals surface area contributed by atoms with E-state index in [0.717, 1.165) is 24.9 Å². The number of benzene rings is 1. The molecule has 1 aliphatic carbocycles. The first-order valence-corrected chi connectivity index (χ1v) is 6.88. The third kappa shape index (κ3) is 3.35. The summed E-state index contributed by atoms with van der Waals surface area (Å²) < 4.78 is 0. The number of nitrogens with zero attached hydrogens (tertiary/aromatic N) is 2. The number of hydrogen-bond acceptors (Lipinski definition) is 2. The van der Waals surface area contributed by atoms with E-state index in [2.05, 4.69) is 19.9 Å². The maximum Gasteiger partial charge on any atom is 0.244 e. The minimum absolute atomic E-state index is 0.0371. The van der Waals surface area contributed by atoms with E-state index in [1.54, 1.807) is 0 Å². The Hall–Kier alpha value is -1.82. The molecule has 1 aromatic rings. The number of carbonyl (C=O) groups excluding carboxylic acids is 1. The monoisotopic (exact) mass is 256 g/mol. The topological polar surface area (TPSA) is 44.1 Å². The number of rotatable bonds is 5. The second-order valence-electron chi connectivity index (χ2n) is 5.59. The van der Waals surface area contributed by atoms with Gasteiger partial charge in [-0.15, -0.1) is 0 Å². The molecule has 0 aromatic heterocycles. The summed E-state index contributed by atoms with van der Waals surface area (Å²) in [6.07, 6.45) is 2.15. The van der Waals surface area contributed by atoms with Gasteiger partial charge in [-0.2, -0.15) is 5.26 Å². The molecule has 2 rings (SSSR count). The van der Waals surface area contributed by atoms with Crippen LogP contribution in [0.25, 0.3) is 0 Å². The molecule has 100 valence electrons. The van der Waals surface area contributed by atoms with Crippen molar-refractivity contribution in [1.82, 2.24) is 4.90 Å². The minimum atomic E-state index is -0.666. The molecule has 3 nitrogen and oxygen atoms in total. The van der Waals surface area contributed by atoms with E-state index in [1.165, 1.54) is 0 Å². The second-order valence-corrected chi connectivity index (χ2v) is 5.59. The summed E-state index contributed by atoms with van der Waals surface area (Å²) in [7, 11) is 0. The first-order valence-electron chi connectivity index (χ1n) is 6.88. The largest absolute Gasteiger partial charge is 0.338 e. The van der Waals surface area contributed by atoms with Crippen LogP contribution in [-0.2, 0) is 4.79 Å². The zero-order valence-electron chi connectivity index (χ0n) is 11.5. The van der Waals surface area contributed by atoms with E-state index in [0.29, 0.717) is 12.0 Å². The Kier molecular flexibility index (Phi) is 4.21. The third-order valence-corrected chi connectivity index (χ3v) is 3.34. The lowest BCUT2D eigenvalue weighted by atomic mass is 9.98. The van der Waals surface area contributed by atoms with Crippen molar-refractivity contribution in [2.45, 2.75) is 38.6 Å². The van der Waals surface area contributed by atoms with Gasteiger partial charge in [0.15, 0.2) is 0 Å². The van der Waals surface area contributed by atoms with E-state index >= 15 is 0 Å². The fraction of sp³-hybridized carbons (Fsp3) is 0.500. The predicted molar refractivity (Wildman–Crippen MR) is 74.4 cm³/mol. The van der Waals surface area contributed by atoms with Crippen LogP contribution in [0.1, 0.15) is 38.2 Å². The maximum absolute atomic E-state index is 12.6. The summed E-state index contributed by atoms with van der Waals surface area (Å²) in [4.78, 5) is 14.5. The van der Waals surface area contributed by atoms with Crippen LogP contribution in [0.5, 0.6) is 0 Å². The lowest BCUT2D eigenvalue weighted by Crippen LogP contribution is -2.39. The van der Waals surface area contributed by atoms with Gasteiger partial charge in [0.05, 0.1) is 6.07 Å². The number of carbonyl (C=O) groups is 1. The SMILES string of the molecule is CC(C)CN(C(=O)C(C#N)c1ccccc1)C1CC1. The smallest absolute Gasteiger partial charge is 0.244 e. The van der Waals surface area contributed by atoms with Crippen LogP contribution in [-0.4, -0.2) is 23.4 Å². The highest BCUT2D eigenvalue weighted by Gasteiger charge is 2.36. The normalized spacial score (nSPS) is 15.9. The number of nitriles is 1. The maximum atomic E-state index is 12.6. The van der Waals surface area contributed by atoms with E-state index in [4.69, 9.17) is 0 Å². The summed E-state index contributed by atoms with van der Waals surface area (Å²) >= 11 is 0. The van der Waals surface area contributed by atoms with Gasteiger partial charge in [-0.05, 0) is 24.3 Å². The quantitative estimate of drug-likeness (QED) is 0.813. The van der Waals surface area contributed by atoms with E-state index in [-0.39, 0.29) is 5.91 Å². The van der Waals surface area contributed by atoms with Crippen molar-refractivity contribution in [3.8, 4) is 6.07 Å². The fourth-order valence-electron chi connectivity index (χ4n) is 2.28. The summed E-state index contributed by atoms with van der Waals surface area (Å²) in [5.74, 6) is -0.273. The highest BCUT2D eigenvalue weighted by molar-refractivity contribution is 5.87. The average molecular weight is 256 g/mol. The minimum Gasteiger partial charge on any atom is -0.338 e. The molecule has 1 saturated carbocycles. The lowest BCUT2D eigenvalue weighted by Gasteiger charge is -2.26. The molecule has 19 heavy (non-hydrogen) atoms. The van der Waals surface area contributed by atoms with Crippen LogP contribution in [0.15, 0.2) is 30.3 Å². The molecule has 0 radical (unpaired) electrons. The molecule has 0 spiro atoms. The Morgan fingerprint density at radius 2 is 2.00 bits per heavy atom. The zero-order chi connectivity index (χ0) is 13.8. The molecule has 1 unspecified atom stereocenters. The lowest BCUT2D eigenvalue weighted by molar-refractivity contribution is -0.132. The molecule has 3 heteroatoms. The van der Waals surface area contributed by atoms with Crippen LogP contribution >= 0.6 is 0 Å². The van der Waals surface area contributed by atoms with Gasteiger partial charge < -0.3 is 4.90 Å². The Bertz CT molecular complexity index is 471. The standard InChI is InChI=1S/C16H20N2O/c1-12(2)11-18(14-8-9-14)16(19)15(10-17)13-6-4-3-5-7-13/h3-7,12,14-15H,8-9,11H2,1-2H3. The van der Waals surface area contributed by atoms with Crippen LogP contribution in [0.4, 0.5) is 0 Å². The van der Waals surface area contributed by atoms with Crippen molar-refractivity contribution >= 4 is 5.91 Å². The van der Waals surface area contributed by atoms with Gasteiger partial charge in [0.2, 0.25) is 5.91 Å². The van der Waals surface area contributed by atoms with E-state index in [9.17, 15) is 10.1 Å². The van der Waals surface area contributed by atoms with Crippen molar-refractivity contribution in [2.24, 2.45) is 5.92 Å².